The van der Waals surface area contributed by atoms with E-state index in [4.69, 9.17) is 37.9 Å². The zero-order valence-corrected chi connectivity index (χ0v) is 21.1. The first kappa shape index (κ1) is 26.7. The number of Topliss-reactive ketones (excluding diaryl/α,β-unsaturated/α-hetero) is 1. The van der Waals surface area contributed by atoms with Gasteiger partial charge in [0.1, 0.15) is 36.3 Å². The molecular weight excluding hydrogens is 504 g/mol. The average Bonchev–Trinajstić information content (AvgIpc) is 3.68. The van der Waals surface area contributed by atoms with Crippen molar-refractivity contribution < 1.29 is 57.1 Å². The molecule has 4 saturated heterocycles. The molecule has 0 aromatic heterocycles. The molecule has 38 heavy (non-hydrogen) atoms. The second-order valence-electron chi connectivity index (χ2n) is 9.66. The predicted octanol–water partition coefficient (Wildman–Crippen LogP) is 0.629. The van der Waals surface area contributed by atoms with Crippen LogP contribution in [0.1, 0.15) is 40.5 Å². The first-order valence-corrected chi connectivity index (χ1v) is 12.5. The van der Waals surface area contributed by atoms with Crippen molar-refractivity contribution in [2.45, 2.75) is 68.6 Å². The Labute approximate surface area is 218 Å². The monoisotopic (exact) mass is 534 g/mol. The van der Waals surface area contributed by atoms with E-state index >= 15 is 0 Å². The first-order chi connectivity index (χ1) is 18.3. The number of ketones is 1. The lowest BCUT2D eigenvalue weighted by molar-refractivity contribution is -0.154. The molecule has 12 nitrogen and oxygen atoms in total. The van der Waals surface area contributed by atoms with Crippen LogP contribution in [0.4, 0.5) is 0 Å². The van der Waals surface area contributed by atoms with Crippen molar-refractivity contribution in [1.29, 1.82) is 0 Å². The predicted molar refractivity (Wildman–Crippen MR) is 124 cm³/mol. The number of carbonyl (C=O) groups excluding carboxylic acids is 4. The Hall–Kier alpha value is -2.90. The van der Waals surface area contributed by atoms with Crippen molar-refractivity contribution in [2.24, 2.45) is 0 Å². The Balaban J connectivity index is 1.11. The number of ether oxygens (including phenoxy) is 8. The summed E-state index contributed by atoms with van der Waals surface area (Å²) in [5.74, 6) is -1.77. The molecule has 0 bridgehead atoms. The van der Waals surface area contributed by atoms with Gasteiger partial charge < -0.3 is 42.7 Å². The van der Waals surface area contributed by atoms with Crippen molar-refractivity contribution in [1.82, 2.24) is 0 Å². The van der Waals surface area contributed by atoms with Gasteiger partial charge in [-0.25, -0.2) is 9.59 Å². The number of hydrogen-bond acceptors (Lipinski definition) is 12. The Morgan fingerprint density at radius 3 is 1.47 bits per heavy atom. The van der Waals surface area contributed by atoms with Gasteiger partial charge in [-0.15, -0.1) is 0 Å². The fraction of sp³-hybridized carbons (Fsp3) is 0.615. The molecular formula is C26H30O12. The number of methoxy groups -OCH3 is 1. The third-order valence-electron chi connectivity index (χ3n) is 7.06. The SMILES string of the molecule is COC1COC2C(OC(=O)c3ccc(C(=O)OC4COC5C(OC(=O)CCC(C)=O)COC45)cc3)COC12. The highest BCUT2D eigenvalue weighted by molar-refractivity contribution is 5.93. The van der Waals surface area contributed by atoms with E-state index in [0.29, 0.717) is 6.61 Å². The van der Waals surface area contributed by atoms with E-state index in [-0.39, 0.29) is 67.9 Å². The summed E-state index contributed by atoms with van der Waals surface area (Å²) < 4.78 is 44.6. The van der Waals surface area contributed by atoms with E-state index in [0.717, 1.165) is 0 Å². The van der Waals surface area contributed by atoms with E-state index in [1.807, 2.05) is 0 Å². The fourth-order valence-corrected chi connectivity index (χ4v) is 5.02. The molecule has 5 rings (SSSR count). The molecule has 4 aliphatic heterocycles. The molecule has 206 valence electrons. The van der Waals surface area contributed by atoms with Gasteiger partial charge in [-0.05, 0) is 31.2 Å². The Bertz CT molecular complexity index is 1050. The topological polar surface area (TPSA) is 142 Å². The molecule has 12 heteroatoms. The highest BCUT2D eigenvalue weighted by atomic mass is 16.7. The van der Waals surface area contributed by atoms with Gasteiger partial charge in [-0.3, -0.25) is 4.79 Å². The van der Waals surface area contributed by atoms with E-state index in [1.54, 1.807) is 7.11 Å². The third-order valence-corrected chi connectivity index (χ3v) is 7.06. The summed E-state index contributed by atoms with van der Waals surface area (Å²) in [6.45, 7) is 2.20. The molecule has 4 fully saturated rings. The Kier molecular flexibility index (Phi) is 8.05. The average molecular weight is 535 g/mol. The van der Waals surface area contributed by atoms with Crippen molar-refractivity contribution in [3.63, 3.8) is 0 Å². The lowest BCUT2D eigenvalue weighted by Gasteiger charge is -2.18. The molecule has 0 saturated carbocycles. The normalized spacial score (nSPS) is 33.4. The molecule has 1 aromatic carbocycles. The van der Waals surface area contributed by atoms with Crippen molar-refractivity contribution in [3.8, 4) is 0 Å². The minimum absolute atomic E-state index is 0.0111. The lowest BCUT2D eigenvalue weighted by atomic mass is 10.1. The largest absolute Gasteiger partial charge is 0.457 e. The minimum Gasteiger partial charge on any atom is -0.457 e. The van der Waals surface area contributed by atoms with Crippen LogP contribution < -0.4 is 0 Å². The van der Waals surface area contributed by atoms with Gasteiger partial charge in [0.2, 0.25) is 0 Å². The van der Waals surface area contributed by atoms with Crippen molar-refractivity contribution >= 4 is 23.7 Å². The molecule has 0 spiro atoms. The maximum absolute atomic E-state index is 12.7. The van der Waals surface area contributed by atoms with Crippen molar-refractivity contribution in [3.05, 3.63) is 35.4 Å². The number of carbonyl (C=O) groups is 4. The van der Waals surface area contributed by atoms with Gasteiger partial charge in [-0.1, -0.05) is 0 Å². The molecule has 4 aliphatic rings. The van der Waals surface area contributed by atoms with Crippen LogP contribution in [-0.2, 0) is 47.5 Å². The van der Waals surface area contributed by atoms with E-state index in [1.165, 1.54) is 31.2 Å². The molecule has 8 unspecified atom stereocenters. The standard InChI is InChI=1S/C26H30O12/c1-13(27)3-8-20(28)36-17-10-34-24-19(12-35-22(17)24)38-26(30)15-6-4-14(5-7-15)25(29)37-18-11-33-21-16(31-2)9-32-23(18)21/h4-7,16-19,21-24H,3,8-12H2,1-2H3. The molecule has 0 amide bonds. The number of hydrogen-bond donors (Lipinski definition) is 0. The molecule has 4 heterocycles. The molecule has 0 radical (unpaired) electrons. The van der Waals surface area contributed by atoms with Gasteiger partial charge in [0.15, 0.2) is 18.3 Å². The maximum atomic E-state index is 12.7. The maximum Gasteiger partial charge on any atom is 0.338 e. The number of fused-ring (bicyclic) bond motifs is 2. The molecule has 0 N–H and O–H groups in total. The zero-order chi connectivity index (χ0) is 26.8. The van der Waals surface area contributed by atoms with Gasteiger partial charge in [0.25, 0.3) is 0 Å². The minimum atomic E-state index is -0.685. The summed E-state index contributed by atoms with van der Waals surface area (Å²) in [7, 11) is 1.58. The van der Waals surface area contributed by atoms with Crippen LogP contribution >= 0.6 is 0 Å². The van der Waals surface area contributed by atoms with Crippen LogP contribution in [0.5, 0.6) is 0 Å². The van der Waals surface area contributed by atoms with Crippen LogP contribution in [0.2, 0.25) is 0 Å². The van der Waals surface area contributed by atoms with Crippen LogP contribution in [-0.4, -0.2) is 106 Å². The van der Waals surface area contributed by atoms with Crippen LogP contribution in [0.15, 0.2) is 24.3 Å². The van der Waals surface area contributed by atoms with Gasteiger partial charge in [-0.2, -0.15) is 0 Å². The summed E-state index contributed by atoms with van der Waals surface area (Å²) >= 11 is 0. The van der Waals surface area contributed by atoms with E-state index < -0.39 is 48.4 Å². The van der Waals surface area contributed by atoms with Crippen molar-refractivity contribution in [2.75, 3.05) is 33.5 Å². The quantitative estimate of drug-likeness (QED) is 0.324. The Morgan fingerprint density at radius 1 is 0.658 bits per heavy atom. The molecule has 1 aromatic rings. The summed E-state index contributed by atoms with van der Waals surface area (Å²) in [6, 6.07) is 5.91. The second kappa shape index (κ2) is 11.5. The summed E-state index contributed by atoms with van der Waals surface area (Å²) in [4.78, 5) is 48.4. The van der Waals surface area contributed by atoms with Crippen LogP contribution in [0.3, 0.4) is 0 Å². The highest BCUT2D eigenvalue weighted by Crippen LogP contribution is 2.32. The van der Waals surface area contributed by atoms with Gasteiger partial charge in [0.05, 0.1) is 44.0 Å². The first-order valence-electron chi connectivity index (χ1n) is 12.5. The van der Waals surface area contributed by atoms with Crippen LogP contribution in [0.25, 0.3) is 0 Å². The van der Waals surface area contributed by atoms with E-state index in [9.17, 15) is 19.2 Å². The highest BCUT2D eigenvalue weighted by Gasteiger charge is 2.51. The second-order valence-corrected chi connectivity index (χ2v) is 9.66. The van der Waals surface area contributed by atoms with Gasteiger partial charge >= 0.3 is 17.9 Å². The van der Waals surface area contributed by atoms with E-state index in [2.05, 4.69) is 0 Å². The summed E-state index contributed by atoms with van der Waals surface area (Å²) in [5, 5.41) is 0. The van der Waals surface area contributed by atoms with Gasteiger partial charge in [0, 0.05) is 13.5 Å². The molecule has 0 aliphatic carbocycles. The number of esters is 3. The lowest BCUT2D eigenvalue weighted by Crippen LogP contribution is -2.36. The fourth-order valence-electron chi connectivity index (χ4n) is 5.02. The van der Waals surface area contributed by atoms with Crippen LogP contribution in [0, 0.1) is 0 Å². The number of rotatable bonds is 9. The summed E-state index contributed by atoms with van der Waals surface area (Å²) in [5.41, 5.74) is 0.505. The third kappa shape index (κ3) is 5.59. The number of benzene rings is 1. The Morgan fingerprint density at radius 2 is 1.05 bits per heavy atom. The molecule has 8 atom stereocenters. The zero-order valence-electron chi connectivity index (χ0n) is 21.1. The summed E-state index contributed by atoms with van der Waals surface area (Å²) in [6.07, 6.45) is -3.75. The smallest absolute Gasteiger partial charge is 0.338 e.